The van der Waals surface area contributed by atoms with Crippen LogP contribution in [0.3, 0.4) is 0 Å². The van der Waals surface area contributed by atoms with Gasteiger partial charge in [-0.3, -0.25) is 9.10 Å². The molecule has 0 unspecified atom stereocenters. The van der Waals surface area contributed by atoms with Crippen LogP contribution >= 0.6 is 0 Å². The molecule has 5 aromatic rings. The summed E-state index contributed by atoms with van der Waals surface area (Å²) in [6.45, 7) is 1.68. The van der Waals surface area contributed by atoms with Crippen LogP contribution in [0, 0.1) is 6.92 Å². The highest BCUT2D eigenvalue weighted by Gasteiger charge is 2.37. The summed E-state index contributed by atoms with van der Waals surface area (Å²) in [5, 5.41) is 4.79. The summed E-state index contributed by atoms with van der Waals surface area (Å²) in [6.07, 6.45) is -1.08. The molecule has 0 saturated heterocycles. The van der Waals surface area contributed by atoms with Gasteiger partial charge in [-0.05, 0) is 67.1 Å². The summed E-state index contributed by atoms with van der Waals surface area (Å²) < 4.78 is 45.7. The molecule has 9 heteroatoms. The average molecular weight is 529 g/mol. The lowest BCUT2D eigenvalue weighted by Crippen LogP contribution is -2.48. The number of amides is 1. The maximum Gasteiger partial charge on any atom is 0.267 e. The largest absolute Gasteiger partial charge is 0.497 e. The third-order valence-corrected chi connectivity index (χ3v) is 8.36. The maximum atomic E-state index is 13.7. The number of carbonyl (C=O) groups excluding carboxylic acids is 1. The van der Waals surface area contributed by atoms with Crippen LogP contribution in [0.2, 0.25) is 0 Å². The van der Waals surface area contributed by atoms with E-state index < -0.39 is 22.0 Å². The Morgan fingerprint density at radius 1 is 0.947 bits per heavy atom. The lowest BCUT2D eigenvalue weighted by Gasteiger charge is -2.35. The van der Waals surface area contributed by atoms with E-state index in [-0.39, 0.29) is 11.4 Å². The van der Waals surface area contributed by atoms with Crippen molar-refractivity contribution < 1.29 is 27.1 Å². The van der Waals surface area contributed by atoms with Gasteiger partial charge in [0.15, 0.2) is 6.10 Å². The fourth-order valence-corrected chi connectivity index (χ4v) is 6.10. The lowest BCUT2D eigenvalue weighted by molar-refractivity contribution is -0.122. The highest BCUT2D eigenvalue weighted by Crippen LogP contribution is 2.38. The molecule has 0 radical (unpaired) electrons. The predicted molar refractivity (Wildman–Crippen MR) is 145 cm³/mol. The Balaban J connectivity index is 1.31. The van der Waals surface area contributed by atoms with Crippen LogP contribution in [0.5, 0.6) is 11.5 Å². The van der Waals surface area contributed by atoms with Crippen LogP contribution in [-0.4, -0.2) is 34.1 Å². The number of aryl methyl sites for hydroxylation is 1. The van der Waals surface area contributed by atoms with E-state index >= 15 is 0 Å². The van der Waals surface area contributed by atoms with Gasteiger partial charge in [0.2, 0.25) is 0 Å². The highest BCUT2D eigenvalue weighted by atomic mass is 32.2. The number of benzene rings is 4. The molecule has 1 aromatic heterocycles. The molecule has 6 rings (SSSR count). The minimum atomic E-state index is -3.99. The van der Waals surface area contributed by atoms with Crippen molar-refractivity contribution in [3.8, 4) is 11.5 Å². The monoisotopic (exact) mass is 528 g/mol. The minimum absolute atomic E-state index is 0.0845. The molecule has 0 bridgehead atoms. The van der Waals surface area contributed by atoms with Crippen molar-refractivity contribution in [2.75, 3.05) is 23.3 Å². The third-order valence-electron chi connectivity index (χ3n) is 6.57. The second kappa shape index (κ2) is 9.11. The first kappa shape index (κ1) is 23.9. The molecule has 0 spiro atoms. The lowest BCUT2D eigenvalue weighted by atomic mass is 10.1. The zero-order chi connectivity index (χ0) is 26.4. The van der Waals surface area contributed by atoms with E-state index in [0.717, 1.165) is 21.9 Å². The van der Waals surface area contributed by atoms with Crippen LogP contribution in [0.1, 0.15) is 5.56 Å². The molecule has 1 N–H and O–H groups in total. The van der Waals surface area contributed by atoms with Gasteiger partial charge in [0.05, 0.1) is 24.2 Å². The highest BCUT2D eigenvalue weighted by molar-refractivity contribution is 7.92. The Hall–Kier alpha value is -4.50. The number of sulfonamides is 1. The summed E-state index contributed by atoms with van der Waals surface area (Å²) in [6, 6.07) is 24.5. The van der Waals surface area contributed by atoms with Gasteiger partial charge in [-0.1, -0.05) is 24.3 Å². The number of rotatable bonds is 5. The molecular weight excluding hydrogens is 504 g/mol. The van der Waals surface area contributed by atoms with E-state index in [9.17, 15) is 13.2 Å². The van der Waals surface area contributed by atoms with Gasteiger partial charge in [-0.15, -0.1) is 0 Å². The molecule has 192 valence electrons. The molecule has 1 atom stereocenters. The molecular formula is C29H24N2O6S. The minimum Gasteiger partial charge on any atom is -0.497 e. The van der Waals surface area contributed by atoms with E-state index in [2.05, 4.69) is 5.32 Å². The van der Waals surface area contributed by atoms with Crippen molar-refractivity contribution in [2.24, 2.45) is 0 Å². The number of carbonyl (C=O) groups is 1. The number of anilines is 2. The van der Waals surface area contributed by atoms with Gasteiger partial charge in [-0.2, -0.15) is 0 Å². The number of fused-ring (bicyclic) bond motifs is 4. The predicted octanol–water partition coefficient (Wildman–Crippen LogP) is 5.50. The van der Waals surface area contributed by atoms with E-state index in [1.807, 2.05) is 43.3 Å². The van der Waals surface area contributed by atoms with Gasteiger partial charge in [-0.25, -0.2) is 8.42 Å². The first-order valence-corrected chi connectivity index (χ1v) is 13.4. The first-order chi connectivity index (χ1) is 18.3. The summed E-state index contributed by atoms with van der Waals surface area (Å²) in [5.41, 5.74) is 3.16. The maximum absolute atomic E-state index is 13.7. The second-order valence-corrected chi connectivity index (χ2v) is 11.0. The van der Waals surface area contributed by atoms with Crippen LogP contribution in [0.15, 0.2) is 94.2 Å². The number of hydrogen-bond donors (Lipinski definition) is 1. The number of nitrogens with one attached hydrogen (secondary N) is 1. The smallest absolute Gasteiger partial charge is 0.267 e. The van der Waals surface area contributed by atoms with Gasteiger partial charge in [0.25, 0.3) is 15.9 Å². The summed E-state index contributed by atoms with van der Waals surface area (Å²) in [4.78, 5) is 13.4. The zero-order valence-corrected chi connectivity index (χ0v) is 21.5. The Morgan fingerprint density at radius 3 is 2.50 bits per heavy atom. The van der Waals surface area contributed by atoms with Gasteiger partial charge < -0.3 is 19.2 Å². The summed E-state index contributed by atoms with van der Waals surface area (Å²) in [5.74, 6) is 0.393. The number of para-hydroxylation sites is 1. The van der Waals surface area contributed by atoms with Gasteiger partial charge in [0.1, 0.15) is 22.7 Å². The number of hydrogen-bond acceptors (Lipinski definition) is 6. The van der Waals surface area contributed by atoms with Crippen LogP contribution in [0.25, 0.3) is 21.9 Å². The third kappa shape index (κ3) is 4.10. The van der Waals surface area contributed by atoms with E-state index in [1.54, 1.807) is 36.4 Å². The van der Waals surface area contributed by atoms with Crippen molar-refractivity contribution in [1.29, 1.82) is 0 Å². The molecule has 4 aromatic carbocycles. The SMILES string of the molecule is COc1ccc(S(=O)(=O)N2C[C@H](C(=O)Nc3ccc4c(c3)oc3ccccc34)Oc3cc(C)ccc32)cc1. The molecule has 38 heavy (non-hydrogen) atoms. The van der Waals surface area contributed by atoms with Crippen LogP contribution in [-0.2, 0) is 14.8 Å². The molecule has 2 heterocycles. The molecule has 0 fully saturated rings. The normalized spacial score (nSPS) is 15.2. The second-order valence-electron chi connectivity index (χ2n) is 9.09. The van der Waals surface area contributed by atoms with Crippen molar-refractivity contribution in [1.82, 2.24) is 0 Å². The Morgan fingerprint density at radius 2 is 1.71 bits per heavy atom. The summed E-state index contributed by atoms with van der Waals surface area (Å²) >= 11 is 0. The first-order valence-electron chi connectivity index (χ1n) is 12.0. The standard InChI is InChI=1S/C29H24N2O6S/c1-18-7-14-24-27(15-18)37-28(17-31(24)38(33,34)21-11-9-20(35-2)10-12-21)29(32)30-19-8-13-23-22-5-3-4-6-25(22)36-26(23)16-19/h3-16,28H,17H2,1-2H3,(H,30,32)/t28-/m1/s1. The van der Waals surface area contributed by atoms with E-state index in [0.29, 0.717) is 28.5 Å². The van der Waals surface area contributed by atoms with E-state index in [4.69, 9.17) is 13.9 Å². The number of furan rings is 1. The molecule has 1 aliphatic heterocycles. The van der Waals surface area contributed by atoms with Crippen molar-refractivity contribution in [3.05, 3.63) is 90.5 Å². The molecule has 1 amide bonds. The number of methoxy groups -OCH3 is 1. The Labute approximate surface area is 219 Å². The Bertz CT molecular complexity index is 1790. The van der Waals surface area contributed by atoms with Crippen LogP contribution < -0.4 is 19.1 Å². The van der Waals surface area contributed by atoms with E-state index in [1.165, 1.54) is 23.5 Å². The fraction of sp³-hybridized carbons (Fsp3) is 0.138. The molecule has 0 aliphatic carbocycles. The van der Waals surface area contributed by atoms with Crippen LogP contribution in [0.4, 0.5) is 11.4 Å². The summed E-state index contributed by atoms with van der Waals surface area (Å²) in [7, 11) is -2.48. The number of nitrogens with zero attached hydrogens (tertiary/aromatic N) is 1. The zero-order valence-electron chi connectivity index (χ0n) is 20.7. The quantitative estimate of drug-likeness (QED) is 0.324. The number of ether oxygens (including phenoxy) is 2. The van der Waals surface area contributed by atoms with Crippen molar-refractivity contribution in [2.45, 2.75) is 17.9 Å². The molecule has 8 nitrogen and oxygen atoms in total. The molecule has 1 aliphatic rings. The molecule has 0 saturated carbocycles. The van der Waals surface area contributed by atoms with Crippen molar-refractivity contribution >= 4 is 49.2 Å². The van der Waals surface area contributed by atoms with Crippen molar-refractivity contribution in [3.63, 3.8) is 0 Å². The Kier molecular flexibility index (Phi) is 5.72. The topological polar surface area (TPSA) is 98.1 Å². The van der Waals surface area contributed by atoms with Gasteiger partial charge in [0, 0.05) is 22.5 Å². The average Bonchev–Trinajstić information content (AvgIpc) is 3.30. The fourth-order valence-electron chi connectivity index (χ4n) is 4.63. The van der Waals surface area contributed by atoms with Gasteiger partial charge >= 0.3 is 0 Å².